The zero-order valence-electron chi connectivity index (χ0n) is 17.6. The molecule has 2 heterocycles. The molecule has 0 amide bonds. The van der Waals surface area contributed by atoms with Gasteiger partial charge in [0, 0.05) is 18.4 Å². The molecule has 1 aliphatic heterocycles. The molecular formula is C22H23F3N2O5S. The van der Waals surface area contributed by atoms with Crippen molar-refractivity contribution < 1.29 is 35.9 Å². The monoisotopic (exact) mass is 484 g/mol. The predicted molar refractivity (Wildman–Crippen MR) is 111 cm³/mol. The van der Waals surface area contributed by atoms with Crippen molar-refractivity contribution in [3.05, 3.63) is 53.2 Å². The fourth-order valence-electron chi connectivity index (χ4n) is 3.31. The second-order valence-corrected chi connectivity index (χ2v) is 10.0. The van der Waals surface area contributed by atoms with Crippen molar-refractivity contribution in [3.8, 4) is 5.88 Å². The second-order valence-electron chi connectivity index (χ2n) is 8.34. The van der Waals surface area contributed by atoms with E-state index < -0.39 is 21.8 Å². The van der Waals surface area contributed by atoms with Crippen molar-refractivity contribution in [2.24, 2.45) is 5.92 Å². The summed E-state index contributed by atoms with van der Waals surface area (Å²) in [5, 5.41) is 0. The van der Waals surface area contributed by atoms with Gasteiger partial charge in [0.2, 0.25) is 15.9 Å². The van der Waals surface area contributed by atoms with E-state index in [9.17, 15) is 26.4 Å². The summed E-state index contributed by atoms with van der Waals surface area (Å²) in [6.07, 6.45) is -1.73. The van der Waals surface area contributed by atoms with E-state index in [0.29, 0.717) is 12.5 Å². The molecule has 4 rings (SSSR count). The first kappa shape index (κ1) is 23.7. The quantitative estimate of drug-likeness (QED) is 0.557. The van der Waals surface area contributed by atoms with Crippen molar-refractivity contribution >= 4 is 15.8 Å². The Hall–Kier alpha value is -2.50. The van der Waals surface area contributed by atoms with E-state index in [1.807, 2.05) is 0 Å². The fourth-order valence-corrected chi connectivity index (χ4v) is 4.51. The van der Waals surface area contributed by atoms with Crippen molar-refractivity contribution in [2.75, 3.05) is 19.8 Å². The number of carbonyl (C=O) groups is 1. The first-order chi connectivity index (χ1) is 15.6. The Morgan fingerprint density at radius 1 is 1.18 bits per heavy atom. The summed E-state index contributed by atoms with van der Waals surface area (Å²) in [5.41, 5.74) is -0.332. The average molecular weight is 484 g/mol. The van der Waals surface area contributed by atoms with E-state index >= 15 is 0 Å². The van der Waals surface area contributed by atoms with Crippen LogP contribution in [0.4, 0.5) is 13.2 Å². The van der Waals surface area contributed by atoms with Crippen LogP contribution in [0.25, 0.3) is 0 Å². The smallest absolute Gasteiger partial charge is 0.416 e. The number of carbonyl (C=O) groups excluding carboxylic acids is 1. The molecule has 0 spiro atoms. The van der Waals surface area contributed by atoms with Crippen molar-refractivity contribution in [2.45, 2.75) is 42.8 Å². The van der Waals surface area contributed by atoms with Gasteiger partial charge < -0.3 is 9.47 Å². The van der Waals surface area contributed by atoms with Gasteiger partial charge in [-0.3, -0.25) is 4.79 Å². The minimum Gasteiger partial charge on any atom is -0.477 e. The zero-order valence-corrected chi connectivity index (χ0v) is 18.4. The number of alkyl halides is 3. The number of halogens is 3. The summed E-state index contributed by atoms with van der Waals surface area (Å²) < 4.78 is 77.4. The Kier molecular flexibility index (Phi) is 6.73. The molecule has 1 aliphatic carbocycles. The Morgan fingerprint density at radius 3 is 2.58 bits per heavy atom. The van der Waals surface area contributed by atoms with Crippen molar-refractivity contribution in [3.63, 3.8) is 0 Å². The van der Waals surface area contributed by atoms with E-state index in [4.69, 9.17) is 9.47 Å². The normalized spacial score (nSPS) is 16.9. The molecule has 0 unspecified atom stereocenters. The van der Waals surface area contributed by atoms with Gasteiger partial charge in [0.1, 0.15) is 10.7 Å². The maximum atomic E-state index is 13.0. The highest BCUT2D eigenvalue weighted by molar-refractivity contribution is 7.89. The minimum absolute atomic E-state index is 0.116. The average Bonchev–Trinajstić information content (AvgIpc) is 3.54. The summed E-state index contributed by atoms with van der Waals surface area (Å²) in [4.78, 5) is 16.7. The number of nitrogens with one attached hydrogen (secondary N) is 1. The predicted octanol–water partition coefficient (Wildman–Crippen LogP) is 2.92. The number of rotatable bonds is 10. The summed E-state index contributed by atoms with van der Waals surface area (Å²) in [5.74, 6) is 0.177. The molecule has 33 heavy (non-hydrogen) atoms. The minimum atomic E-state index is -4.51. The van der Waals surface area contributed by atoms with Crippen LogP contribution in [-0.2, 0) is 38.6 Å². The summed E-state index contributed by atoms with van der Waals surface area (Å²) >= 11 is 0. The highest BCUT2D eigenvalue weighted by Gasteiger charge is 2.31. The molecule has 0 atom stereocenters. The number of nitrogens with zero attached hydrogens (tertiary/aromatic N) is 1. The number of aromatic nitrogens is 1. The van der Waals surface area contributed by atoms with Gasteiger partial charge in [-0.15, -0.1) is 0 Å². The summed E-state index contributed by atoms with van der Waals surface area (Å²) in [7, 11) is -3.88. The van der Waals surface area contributed by atoms with Crippen LogP contribution >= 0.6 is 0 Å². The van der Waals surface area contributed by atoms with Gasteiger partial charge in [0.15, 0.2) is 0 Å². The molecule has 1 saturated carbocycles. The molecule has 2 aromatic rings. The number of Topliss-reactive ketones (excluding diaryl/α,β-unsaturated/α-hetero) is 1. The SMILES string of the molecule is O=C(Cc1cccc(C(F)(F)F)c1)Cc1cc(S(=O)(=O)NC2COC2)cnc1OCC1CC1. The number of pyridine rings is 1. The Morgan fingerprint density at radius 2 is 1.94 bits per heavy atom. The Balaban J connectivity index is 1.52. The number of sulfonamides is 1. The molecule has 1 N–H and O–H groups in total. The Labute approximate surface area is 189 Å². The van der Waals surface area contributed by atoms with Gasteiger partial charge in [-0.05, 0) is 36.5 Å². The van der Waals surface area contributed by atoms with Crippen LogP contribution in [0.2, 0.25) is 0 Å². The van der Waals surface area contributed by atoms with E-state index in [0.717, 1.165) is 25.0 Å². The molecule has 1 saturated heterocycles. The molecular weight excluding hydrogens is 461 g/mol. The molecule has 0 bridgehead atoms. The van der Waals surface area contributed by atoms with Crippen LogP contribution in [-0.4, -0.2) is 45.0 Å². The third-order valence-corrected chi connectivity index (χ3v) is 6.85. The first-order valence-electron chi connectivity index (χ1n) is 10.5. The molecule has 7 nitrogen and oxygen atoms in total. The van der Waals surface area contributed by atoms with Crippen LogP contribution in [0.3, 0.4) is 0 Å². The van der Waals surface area contributed by atoms with E-state index in [2.05, 4.69) is 9.71 Å². The maximum Gasteiger partial charge on any atom is 0.416 e. The van der Waals surface area contributed by atoms with Gasteiger partial charge in [-0.1, -0.05) is 18.2 Å². The standard InChI is InChI=1S/C22H23F3N2O5S/c23-22(24,25)17-3-1-2-15(6-17)7-19(28)8-16-9-20(33(29,30)27-18-12-31-13-18)10-26-21(16)32-11-14-4-5-14/h1-3,6,9-10,14,18,27H,4-5,7-8,11-13H2. The number of hydrogen-bond acceptors (Lipinski definition) is 6. The lowest BCUT2D eigenvalue weighted by Gasteiger charge is -2.26. The number of ketones is 1. The van der Waals surface area contributed by atoms with Crippen LogP contribution in [0.1, 0.15) is 29.5 Å². The van der Waals surface area contributed by atoms with Gasteiger partial charge in [0.25, 0.3) is 0 Å². The van der Waals surface area contributed by atoms with Gasteiger partial charge >= 0.3 is 6.18 Å². The highest BCUT2D eigenvalue weighted by Crippen LogP contribution is 2.31. The molecule has 2 aliphatic rings. The van der Waals surface area contributed by atoms with Crippen LogP contribution in [0, 0.1) is 5.92 Å². The summed E-state index contributed by atoms with van der Waals surface area (Å²) in [6.45, 7) is 0.959. The second kappa shape index (κ2) is 9.40. The number of ether oxygens (including phenoxy) is 2. The largest absolute Gasteiger partial charge is 0.477 e. The molecule has 1 aromatic carbocycles. The number of benzene rings is 1. The summed E-state index contributed by atoms with van der Waals surface area (Å²) in [6, 6.07) is 5.58. The van der Waals surface area contributed by atoms with E-state index in [1.165, 1.54) is 24.4 Å². The fraction of sp³-hybridized carbons (Fsp3) is 0.455. The lowest BCUT2D eigenvalue weighted by Crippen LogP contribution is -2.48. The van der Waals surface area contributed by atoms with Gasteiger partial charge in [-0.25, -0.2) is 18.1 Å². The lowest BCUT2D eigenvalue weighted by molar-refractivity contribution is -0.137. The molecule has 11 heteroatoms. The lowest BCUT2D eigenvalue weighted by atomic mass is 10.0. The van der Waals surface area contributed by atoms with Crippen LogP contribution in [0.5, 0.6) is 5.88 Å². The molecule has 178 valence electrons. The van der Waals surface area contributed by atoms with Crippen LogP contribution in [0.15, 0.2) is 41.4 Å². The van der Waals surface area contributed by atoms with E-state index in [-0.39, 0.29) is 59.8 Å². The maximum absolute atomic E-state index is 13.0. The Bertz CT molecular complexity index is 1130. The third kappa shape index (κ3) is 6.30. The van der Waals surface area contributed by atoms with E-state index in [1.54, 1.807) is 0 Å². The topological polar surface area (TPSA) is 94.6 Å². The first-order valence-corrected chi connectivity index (χ1v) is 12.0. The van der Waals surface area contributed by atoms with Crippen LogP contribution < -0.4 is 9.46 Å². The van der Waals surface area contributed by atoms with Crippen molar-refractivity contribution in [1.29, 1.82) is 0 Å². The third-order valence-electron chi connectivity index (χ3n) is 5.37. The zero-order chi connectivity index (χ0) is 23.6. The molecule has 1 aromatic heterocycles. The highest BCUT2D eigenvalue weighted by atomic mass is 32.2. The van der Waals surface area contributed by atoms with Gasteiger partial charge in [0.05, 0.1) is 37.6 Å². The van der Waals surface area contributed by atoms with Crippen molar-refractivity contribution in [1.82, 2.24) is 9.71 Å². The molecule has 2 fully saturated rings. The van der Waals surface area contributed by atoms with Gasteiger partial charge in [-0.2, -0.15) is 13.2 Å². The molecule has 0 radical (unpaired) electrons. The number of hydrogen-bond donors (Lipinski definition) is 1.